The Balaban J connectivity index is 2.20. The Morgan fingerprint density at radius 3 is 2.80 bits per heavy atom. The second-order valence-corrected chi connectivity index (χ2v) is 4.57. The number of aromatic nitrogens is 1. The fourth-order valence-corrected chi connectivity index (χ4v) is 2.82. The molecule has 1 aromatic rings. The molecule has 0 bridgehead atoms. The quantitative estimate of drug-likeness (QED) is 0.673. The fourth-order valence-electron chi connectivity index (χ4n) is 2.82. The van der Waals surface area contributed by atoms with E-state index < -0.39 is 0 Å². The van der Waals surface area contributed by atoms with E-state index in [4.69, 9.17) is 5.73 Å². The lowest BCUT2D eigenvalue weighted by atomic mass is 9.92. The highest BCUT2D eigenvalue weighted by Gasteiger charge is 2.28. The van der Waals surface area contributed by atoms with Gasteiger partial charge in [0.05, 0.1) is 6.10 Å². The molecule has 3 rings (SSSR count). The van der Waals surface area contributed by atoms with Gasteiger partial charge in [-0.05, 0) is 44.1 Å². The molecule has 3 nitrogen and oxygen atoms in total. The maximum absolute atomic E-state index is 9.84. The Morgan fingerprint density at radius 2 is 1.93 bits per heavy atom. The summed E-state index contributed by atoms with van der Waals surface area (Å²) >= 11 is 0. The lowest BCUT2D eigenvalue weighted by molar-refractivity contribution is 0.180. The number of anilines is 1. The normalized spacial score (nSPS) is 23.7. The molecule has 0 amide bonds. The summed E-state index contributed by atoms with van der Waals surface area (Å²) in [7, 11) is 0. The molecule has 1 heterocycles. The van der Waals surface area contributed by atoms with Crippen molar-refractivity contribution >= 4 is 5.69 Å². The molecule has 3 heteroatoms. The van der Waals surface area contributed by atoms with E-state index in [2.05, 4.69) is 4.98 Å². The highest BCUT2D eigenvalue weighted by molar-refractivity contribution is 5.60. The largest absolute Gasteiger partial charge is 0.398 e. The van der Waals surface area contributed by atoms with Crippen LogP contribution in [0, 0.1) is 0 Å². The third kappa shape index (κ3) is 1.26. The van der Waals surface area contributed by atoms with Crippen LogP contribution >= 0.6 is 0 Å². The summed E-state index contributed by atoms with van der Waals surface area (Å²) in [6, 6.07) is 0. The number of rotatable bonds is 0. The molecular weight excluding hydrogens is 188 g/mol. The van der Waals surface area contributed by atoms with Crippen LogP contribution in [0.1, 0.15) is 47.9 Å². The minimum Gasteiger partial charge on any atom is -0.398 e. The van der Waals surface area contributed by atoms with Gasteiger partial charge in [-0.2, -0.15) is 0 Å². The molecule has 0 fully saturated rings. The van der Waals surface area contributed by atoms with Crippen molar-refractivity contribution in [1.82, 2.24) is 4.98 Å². The molecule has 2 aliphatic rings. The molecule has 0 aliphatic heterocycles. The van der Waals surface area contributed by atoms with Crippen LogP contribution in [0.15, 0.2) is 0 Å². The van der Waals surface area contributed by atoms with Crippen molar-refractivity contribution in [2.75, 3.05) is 5.73 Å². The molecule has 1 aromatic heterocycles. The Labute approximate surface area is 89.3 Å². The molecule has 80 valence electrons. The number of nitrogens with two attached hydrogens (primary N) is 1. The average Bonchev–Trinajstić information content (AvgIpc) is 2.61. The van der Waals surface area contributed by atoms with Gasteiger partial charge in [0.25, 0.3) is 0 Å². The zero-order chi connectivity index (χ0) is 10.4. The molecule has 0 aromatic carbocycles. The van der Waals surface area contributed by atoms with E-state index in [1.807, 2.05) is 0 Å². The van der Waals surface area contributed by atoms with E-state index in [1.54, 1.807) is 0 Å². The standard InChI is InChI=1S/C12H16N2O/c13-12-7-3-1-2-4-8(7)14-9-5-6-10(15)11(9)12/h10,15H,1-6H2,(H2,13,14). The maximum atomic E-state index is 9.84. The number of aryl methyl sites for hydroxylation is 2. The molecule has 1 atom stereocenters. The summed E-state index contributed by atoms with van der Waals surface area (Å²) in [5.41, 5.74) is 11.3. The van der Waals surface area contributed by atoms with Crippen molar-refractivity contribution in [3.05, 3.63) is 22.5 Å². The molecule has 0 spiro atoms. The Kier molecular flexibility index (Phi) is 1.96. The SMILES string of the molecule is Nc1c2c(nc3c1C(O)CC3)CCCC2. The van der Waals surface area contributed by atoms with E-state index in [-0.39, 0.29) is 6.10 Å². The maximum Gasteiger partial charge on any atom is 0.0831 e. The predicted molar refractivity (Wildman–Crippen MR) is 58.6 cm³/mol. The van der Waals surface area contributed by atoms with Crippen molar-refractivity contribution in [3.63, 3.8) is 0 Å². The van der Waals surface area contributed by atoms with Crippen LogP contribution < -0.4 is 5.73 Å². The first-order chi connectivity index (χ1) is 7.27. The summed E-state index contributed by atoms with van der Waals surface area (Å²) in [5, 5.41) is 9.84. The number of aliphatic hydroxyl groups excluding tert-OH is 1. The topological polar surface area (TPSA) is 59.1 Å². The summed E-state index contributed by atoms with van der Waals surface area (Å²) < 4.78 is 0. The van der Waals surface area contributed by atoms with Gasteiger partial charge in [0.2, 0.25) is 0 Å². The van der Waals surface area contributed by atoms with Crippen molar-refractivity contribution in [2.45, 2.75) is 44.6 Å². The summed E-state index contributed by atoms with van der Waals surface area (Å²) in [5.74, 6) is 0. The minimum atomic E-state index is -0.375. The van der Waals surface area contributed by atoms with Crippen LogP contribution in [-0.4, -0.2) is 10.1 Å². The van der Waals surface area contributed by atoms with Crippen molar-refractivity contribution in [1.29, 1.82) is 0 Å². The third-order valence-corrected chi connectivity index (χ3v) is 3.62. The molecule has 1 unspecified atom stereocenters. The summed E-state index contributed by atoms with van der Waals surface area (Å²) in [6.45, 7) is 0. The highest BCUT2D eigenvalue weighted by Crippen LogP contribution is 2.38. The number of pyridine rings is 1. The monoisotopic (exact) mass is 204 g/mol. The van der Waals surface area contributed by atoms with Gasteiger partial charge in [0.1, 0.15) is 0 Å². The number of hydrogen-bond donors (Lipinski definition) is 2. The smallest absolute Gasteiger partial charge is 0.0831 e. The first-order valence-corrected chi connectivity index (χ1v) is 5.75. The zero-order valence-corrected chi connectivity index (χ0v) is 8.79. The van der Waals surface area contributed by atoms with E-state index in [0.717, 1.165) is 42.6 Å². The number of nitrogen functional groups attached to an aromatic ring is 1. The van der Waals surface area contributed by atoms with Gasteiger partial charge in [-0.1, -0.05) is 0 Å². The number of nitrogens with zero attached hydrogens (tertiary/aromatic N) is 1. The molecular formula is C12H16N2O. The highest BCUT2D eigenvalue weighted by atomic mass is 16.3. The molecule has 0 radical (unpaired) electrons. The molecule has 3 N–H and O–H groups in total. The lowest BCUT2D eigenvalue weighted by Crippen LogP contribution is -2.13. The van der Waals surface area contributed by atoms with Crippen LogP contribution in [0.25, 0.3) is 0 Å². The van der Waals surface area contributed by atoms with E-state index >= 15 is 0 Å². The first kappa shape index (κ1) is 9.16. The Morgan fingerprint density at radius 1 is 1.13 bits per heavy atom. The number of fused-ring (bicyclic) bond motifs is 2. The first-order valence-electron chi connectivity index (χ1n) is 5.75. The average molecular weight is 204 g/mol. The van der Waals surface area contributed by atoms with Crippen LogP contribution in [0.3, 0.4) is 0 Å². The van der Waals surface area contributed by atoms with E-state index in [1.165, 1.54) is 24.1 Å². The van der Waals surface area contributed by atoms with Crippen molar-refractivity contribution in [3.8, 4) is 0 Å². The van der Waals surface area contributed by atoms with Gasteiger partial charge < -0.3 is 10.8 Å². The molecule has 0 saturated heterocycles. The Hall–Kier alpha value is -1.09. The van der Waals surface area contributed by atoms with Crippen LogP contribution in [-0.2, 0) is 19.3 Å². The molecule has 0 saturated carbocycles. The van der Waals surface area contributed by atoms with Crippen LogP contribution in [0.5, 0.6) is 0 Å². The van der Waals surface area contributed by atoms with Crippen LogP contribution in [0.4, 0.5) is 5.69 Å². The number of hydrogen-bond acceptors (Lipinski definition) is 3. The van der Waals surface area contributed by atoms with Crippen molar-refractivity contribution in [2.24, 2.45) is 0 Å². The predicted octanol–water partition coefficient (Wildman–Crippen LogP) is 1.52. The second kappa shape index (κ2) is 3.20. The molecule has 15 heavy (non-hydrogen) atoms. The van der Waals surface area contributed by atoms with E-state index in [9.17, 15) is 5.11 Å². The van der Waals surface area contributed by atoms with Gasteiger partial charge in [0, 0.05) is 22.6 Å². The van der Waals surface area contributed by atoms with Crippen LogP contribution in [0.2, 0.25) is 0 Å². The van der Waals surface area contributed by atoms with Gasteiger partial charge in [-0.15, -0.1) is 0 Å². The summed E-state index contributed by atoms with van der Waals surface area (Å²) in [4.78, 5) is 4.67. The fraction of sp³-hybridized carbons (Fsp3) is 0.583. The van der Waals surface area contributed by atoms with Gasteiger partial charge in [-0.25, -0.2) is 0 Å². The van der Waals surface area contributed by atoms with Gasteiger partial charge >= 0.3 is 0 Å². The molecule has 2 aliphatic carbocycles. The lowest BCUT2D eigenvalue weighted by Gasteiger charge is -2.20. The zero-order valence-electron chi connectivity index (χ0n) is 8.79. The number of aliphatic hydroxyl groups is 1. The van der Waals surface area contributed by atoms with Gasteiger partial charge in [0.15, 0.2) is 0 Å². The van der Waals surface area contributed by atoms with E-state index in [0.29, 0.717) is 0 Å². The second-order valence-electron chi connectivity index (χ2n) is 4.57. The van der Waals surface area contributed by atoms with Gasteiger partial charge in [-0.3, -0.25) is 4.98 Å². The van der Waals surface area contributed by atoms with Crippen molar-refractivity contribution < 1.29 is 5.11 Å². The minimum absolute atomic E-state index is 0.375. The Bertz CT molecular complexity index is 414. The summed E-state index contributed by atoms with van der Waals surface area (Å²) in [6.07, 6.45) is 5.81. The third-order valence-electron chi connectivity index (χ3n) is 3.62.